The van der Waals surface area contributed by atoms with Gasteiger partial charge in [-0.2, -0.15) is 18.3 Å². The Kier molecular flexibility index (Phi) is 5.30. The molecule has 2 N–H and O–H groups in total. The lowest BCUT2D eigenvalue weighted by Gasteiger charge is -2.06. The maximum Gasteiger partial charge on any atom is 0.435 e. The Morgan fingerprint density at radius 2 is 2.20 bits per heavy atom. The molecule has 0 atom stereocenters. The van der Waals surface area contributed by atoms with Gasteiger partial charge < -0.3 is 15.4 Å². The molecule has 0 unspecified atom stereocenters. The predicted molar refractivity (Wildman–Crippen MR) is 79.2 cm³/mol. The van der Waals surface area contributed by atoms with Crippen LogP contribution in [0.25, 0.3) is 0 Å². The molecule has 2 aromatic rings. The molecule has 0 bridgehead atoms. The Morgan fingerprint density at radius 3 is 2.72 bits per heavy atom. The molecule has 0 saturated carbocycles. The van der Waals surface area contributed by atoms with E-state index in [0.29, 0.717) is 5.69 Å². The van der Waals surface area contributed by atoms with Crippen LogP contribution in [0, 0.1) is 17.0 Å². The molecule has 2 aromatic heterocycles. The van der Waals surface area contributed by atoms with Crippen LogP contribution in [0.3, 0.4) is 0 Å². The van der Waals surface area contributed by atoms with Gasteiger partial charge in [0.15, 0.2) is 16.4 Å². The van der Waals surface area contributed by atoms with Gasteiger partial charge in [-0.25, -0.2) is 0 Å². The van der Waals surface area contributed by atoms with Crippen LogP contribution in [0.5, 0.6) is 0 Å². The van der Waals surface area contributed by atoms with Gasteiger partial charge in [-0.1, -0.05) is 16.7 Å². The van der Waals surface area contributed by atoms with E-state index in [-0.39, 0.29) is 25.2 Å². The van der Waals surface area contributed by atoms with Crippen molar-refractivity contribution in [2.75, 3.05) is 6.54 Å². The summed E-state index contributed by atoms with van der Waals surface area (Å²) in [6.45, 7) is 1.73. The van der Waals surface area contributed by atoms with Crippen LogP contribution in [0.1, 0.15) is 28.3 Å². The molecular formula is C12H12ClF3N6O3. The number of carbonyl (C=O) groups is 1. The Balaban J connectivity index is 1.88. The van der Waals surface area contributed by atoms with Crippen LogP contribution in [-0.4, -0.2) is 37.4 Å². The van der Waals surface area contributed by atoms with Crippen LogP contribution < -0.4 is 5.32 Å². The van der Waals surface area contributed by atoms with Crippen LogP contribution in [0.15, 0.2) is 6.07 Å². The highest BCUT2D eigenvalue weighted by Crippen LogP contribution is 2.28. The number of amides is 1. The van der Waals surface area contributed by atoms with Crippen LogP contribution in [0.2, 0.25) is 5.02 Å². The first-order valence-corrected chi connectivity index (χ1v) is 7.27. The predicted octanol–water partition coefficient (Wildman–Crippen LogP) is 2.32. The number of alkyl halides is 3. The molecule has 0 spiro atoms. The third kappa shape index (κ3) is 4.26. The minimum atomic E-state index is -4.52. The SMILES string of the molecule is Cc1cc(C(F)(F)F)nn1CCCNC(=O)c1n[nH]c([N+](=O)[O-])c1Cl. The number of carbonyl (C=O) groups excluding carboxylic acids is 1. The summed E-state index contributed by atoms with van der Waals surface area (Å²) in [4.78, 5) is 21.6. The van der Waals surface area contributed by atoms with Gasteiger partial charge in [0.2, 0.25) is 0 Å². The zero-order valence-electron chi connectivity index (χ0n) is 12.7. The number of rotatable bonds is 6. The van der Waals surface area contributed by atoms with Crippen molar-refractivity contribution >= 4 is 23.3 Å². The van der Waals surface area contributed by atoms with Crippen molar-refractivity contribution in [1.82, 2.24) is 25.3 Å². The molecule has 0 aliphatic heterocycles. The molecular weight excluding hydrogens is 369 g/mol. The number of nitrogens with one attached hydrogen (secondary N) is 2. The Morgan fingerprint density at radius 1 is 1.52 bits per heavy atom. The molecule has 0 radical (unpaired) electrons. The topological polar surface area (TPSA) is 119 Å². The normalized spacial score (nSPS) is 11.6. The third-order valence-corrected chi connectivity index (χ3v) is 3.55. The van der Waals surface area contributed by atoms with Gasteiger partial charge in [-0.15, -0.1) is 5.10 Å². The number of aryl methyl sites for hydroxylation is 2. The van der Waals surface area contributed by atoms with Crippen molar-refractivity contribution in [3.63, 3.8) is 0 Å². The molecule has 0 saturated heterocycles. The zero-order valence-corrected chi connectivity index (χ0v) is 13.5. The van der Waals surface area contributed by atoms with E-state index in [0.717, 1.165) is 6.07 Å². The number of hydrogen-bond acceptors (Lipinski definition) is 5. The monoisotopic (exact) mass is 380 g/mol. The molecule has 136 valence electrons. The smallest absolute Gasteiger partial charge is 0.358 e. The standard InChI is InChI=1S/C12H12ClF3N6O3/c1-6-5-7(12(14,15)16)20-21(6)4-2-3-17-11(23)9-8(13)10(19-18-9)22(24)25/h5H,2-4H2,1H3,(H,17,23)(H,18,19). The van der Waals surface area contributed by atoms with E-state index >= 15 is 0 Å². The second-order valence-electron chi connectivity index (χ2n) is 4.99. The maximum atomic E-state index is 12.6. The summed E-state index contributed by atoms with van der Waals surface area (Å²) in [5.41, 5.74) is -0.975. The van der Waals surface area contributed by atoms with Gasteiger partial charge >= 0.3 is 12.0 Å². The summed E-state index contributed by atoms with van der Waals surface area (Å²) in [6.07, 6.45) is -4.23. The van der Waals surface area contributed by atoms with Gasteiger partial charge in [-0.3, -0.25) is 9.48 Å². The molecule has 25 heavy (non-hydrogen) atoms. The van der Waals surface area contributed by atoms with E-state index < -0.39 is 33.5 Å². The molecule has 1 amide bonds. The largest absolute Gasteiger partial charge is 0.435 e. The van der Waals surface area contributed by atoms with Crippen molar-refractivity contribution in [1.29, 1.82) is 0 Å². The fourth-order valence-electron chi connectivity index (χ4n) is 1.98. The number of hydrogen-bond donors (Lipinski definition) is 2. The molecule has 2 rings (SSSR count). The first-order chi connectivity index (χ1) is 11.6. The Labute approximate surface area is 143 Å². The summed E-state index contributed by atoms with van der Waals surface area (Å²) >= 11 is 5.67. The lowest BCUT2D eigenvalue weighted by molar-refractivity contribution is -0.389. The Bertz CT molecular complexity index is 801. The lowest BCUT2D eigenvalue weighted by atomic mass is 10.3. The zero-order chi connectivity index (χ0) is 18.8. The van der Waals surface area contributed by atoms with Crippen molar-refractivity contribution in [3.8, 4) is 0 Å². The van der Waals surface area contributed by atoms with Crippen molar-refractivity contribution in [3.05, 3.63) is 38.3 Å². The maximum absolute atomic E-state index is 12.6. The minimum absolute atomic E-state index is 0.0937. The third-order valence-electron chi connectivity index (χ3n) is 3.19. The quantitative estimate of drug-likeness (QED) is 0.453. The number of nitro groups is 1. The van der Waals surface area contributed by atoms with Crippen molar-refractivity contribution in [2.24, 2.45) is 0 Å². The van der Waals surface area contributed by atoms with E-state index in [9.17, 15) is 28.1 Å². The van der Waals surface area contributed by atoms with Crippen molar-refractivity contribution < 1.29 is 22.9 Å². The van der Waals surface area contributed by atoms with Crippen LogP contribution >= 0.6 is 11.6 Å². The molecule has 0 fully saturated rings. The lowest BCUT2D eigenvalue weighted by Crippen LogP contribution is -2.26. The van der Waals surface area contributed by atoms with E-state index in [2.05, 4.69) is 15.5 Å². The second kappa shape index (κ2) is 7.09. The minimum Gasteiger partial charge on any atom is -0.358 e. The highest BCUT2D eigenvalue weighted by molar-refractivity contribution is 6.35. The molecule has 2 heterocycles. The van der Waals surface area contributed by atoms with Gasteiger partial charge in [0, 0.05) is 18.8 Å². The molecule has 0 aliphatic rings. The molecule has 9 nitrogen and oxygen atoms in total. The van der Waals surface area contributed by atoms with Gasteiger partial charge in [0.25, 0.3) is 5.91 Å². The molecule has 0 aromatic carbocycles. The van der Waals surface area contributed by atoms with Gasteiger partial charge in [0.1, 0.15) is 0 Å². The first kappa shape index (κ1) is 18.7. The molecule has 13 heteroatoms. The summed E-state index contributed by atoms with van der Waals surface area (Å²) in [5, 5.41) is 21.6. The van der Waals surface area contributed by atoms with Gasteiger partial charge in [-0.05, 0) is 24.3 Å². The summed E-state index contributed by atoms with van der Waals surface area (Å²) in [7, 11) is 0. The van der Waals surface area contributed by atoms with Crippen LogP contribution in [-0.2, 0) is 12.7 Å². The van der Waals surface area contributed by atoms with Gasteiger partial charge in [0.05, 0.1) is 0 Å². The first-order valence-electron chi connectivity index (χ1n) is 6.89. The Hall–Kier alpha value is -2.63. The fourth-order valence-corrected chi connectivity index (χ4v) is 2.22. The number of halogens is 4. The van der Waals surface area contributed by atoms with Crippen molar-refractivity contribution in [2.45, 2.75) is 26.1 Å². The van der Waals surface area contributed by atoms with E-state index in [1.807, 2.05) is 5.10 Å². The number of aromatic nitrogens is 4. The summed E-state index contributed by atoms with van der Waals surface area (Å²) < 4.78 is 38.9. The van der Waals surface area contributed by atoms with E-state index in [1.165, 1.54) is 11.6 Å². The molecule has 0 aliphatic carbocycles. The summed E-state index contributed by atoms with van der Waals surface area (Å²) in [6, 6.07) is 0.932. The second-order valence-corrected chi connectivity index (χ2v) is 5.37. The number of nitrogens with zero attached hydrogens (tertiary/aromatic N) is 4. The highest BCUT2D eigenvalue weighted by Gasteiger charge is 2.34. The van der Waals surface area contributed by atoms with Crippen LogP contribution in [0.4, 0.5) is 19.0 Å². The average Bonchev–Trinajstić information content (AvgIpc) is 3.06. The number of aromatic amines is 1. The number of H-pyrrole nitrogens is 1. The summed E-state index contributed by atoms with van der Waals surface area (Å²) in [5.74, 6) is -1.33. The van der Waals surface area contributed by atoms with E-state index in [4.69, 9.17) is 11.6 Å². The highest BCUT2D eigenvalue weighted by atomic mass is 35.5. The fraction of sp³-hybridized carbons (Fsp3) is 0.417. The van der Waals surface area contributed by atoms with E-state index in [1.54, 1.807) is 0 Å². The average molecular weight is 381 g/mol.